The van der Waals surface area contributed by atoms with E-state index in [9.17, 15) is 4.79 Å². The number of benzene rings is 2. The molecule has 0 aliphatic rings. The Balaban J connectivity index is 1.41. The fourth-order valence-electron chi connectivity index (χ4n) is 2.99. The van der Waals surface area contributed by atoms with Crippen molar-refractivity contribution < 1.29 is 14.1 Å². The molecule has 1 atom stereocenters. The zero-order valence-electron chi connectivity index (χ0n) is 16.5. The predicted molar refractivity (Wildman–Crippen MR) is 115 cm³/mol. The number of aromatic nitrogens is 2. The van der Waals surface area contributed by atoms with E-state index in [-0.39, 0.29) is 11.9 Å². The maximum absolute atomic E-state index is 12.2. The number of nitrogens with one attached hydrogen (secondary N) is 1. The second-order valence-electron chi connectivity index (χ2n) is 6.89. The number of ether oxygens (including phenoxy) is 1. The van der Waals surface area contributed by atoms with E-state index in [4.69, 9.17) is 9.26 Å². The average Bonchev–Trinajstić information content (AvgIpc) is 3.18. The minimum atomic E-state index is 0.0319. The van der Waals surface area contributed by atoms with Gasteiger partial charge in [0.15, 0.2) is 0 Å². The molecule has 0 saturated carbocycles. The van der Waals surface area contributed by atoms with Crippen LogP contribution in [0.15, 0.2) is 57.5 Å². The second kappa shape index (κ2) is 10.2. The lowest BCUT2D eigenvalue weighted by atomic mass is 10.1. The van der Waals surface area contributed by atoms with E-state index in [0.717, 1.165) is 22.2 Å². The van der Waals surface area contributed by atoms with E-state index < -0.39 is 0 Å². The van der Waals surface area contributed by atoms with Crippen LogP contribution < -0.4 is 10.1 Å². The van der Waals surface area contributed by atoms with E-state index >= 15 is 0 Å². The Labute approximate surface area is 178 Å². The maximum Gasteiger partial charge on any atom is 0.226 e. The van der Waals surface area contributed by atoms with Crippen LogP contribution >= 0.6 is 15.9 Å². The molecule has 0 saturated heterocycles. The summed E-state index contributed by atoms with van der Waals surface area (Å²) in [6.45, 7) is 2.01. The number of rotatable bonds is 9. The van der Waals surface area contributed by atoms with Crippen LogP contribution in [0.1, 0.15) is 31.2 Å². The summed E-state index contributed by atoms with van der Waals surface area (Å²) in [4.78, 5) is 16.6. The quantitative estimate of drug-likeness (QED) is 0.508. The van der Waals surface area contributed by atoms with Gasteiger partial charge in [0, 0.05) is 28.9 Å². The van der Waals surface area contributed by atoms with Crippen LogP contribution in [-0.2, 0) is 17.6 Å². The molecule has 0 aliphatic carbocycles. The molecule has 29 heavy (non-hydrogen) atoms. The summed E-state index contributed by atoms with van der Waals surface area (Å²) < 4.78 is 11.5. The van der Waals surface area contributed by atoms with Crippen molar-refractivity contribution in [3.05, 3.63) is 64.5 Å². The second-order valence-corrected chi connectivity index (χ2v) is 7.81. The third kappa shape index (κ3) is 6.42. The summed E-state index contributed by atoms with van der Waals surface area (Å²) >= 11 is 3.43. The van der Waals surface area contributed by atoms with E-state index in [1.54, 1.807) is 7.11 Å². The third-order valence-corrected chi connectivity index (χ3v) is 5.00. The van der Waals surface area contributed by atoms with Crippen molar-refractivity contribution in [3.63, 3.8) is 0 Å². The minimum absolute atomic E-state index is 0.0319. The molecule has 7 heteroatoms. The average molecular weight is 458 g/mol. The molecule has 1 amide bonds. The van der Waals surface area contributed by atoms with Crippen LogP contribution in [0.5, 0.6) is 5.75 Å². The zero-order valence-corrected chi connectivity index (χ0v) is 18.1. The van der Waals surface area contributed by atoms with Gasteiger partial charge >= 0.3 is 0 Å². The topological polar surface area (TPSA) is 77.2 Å². The van der Waals surface area contributed by atoms with Crippen LogP contribution in [0.25, 0.3) is 11.4 Å². The smallest absolute Gasteiger partial charge is 0.226 e. The summed E-state index contributed by atoms with van der Waals surface area (Å²) in [7, 11) is 1.62. The van der Waals surface area contributed by atoms with Crippen LogP contribution in [0.3, 0.4) is 0 Å². The number of amides is 1. The first kappa shape index (κ1) is 21.0. The van der Waals surface area contributed by atoms with Gasteiger partial charge in [0.2, 0.25) is 17.6 Å². The first-order chi connectivity index (χ1) is 14.0. The van der Waals surface area contributed by atoms with Gasteiger partial charge < -0.3 is 14.6 Å². The first-order valence-corrected chi connectivity index (χ1v) is 10.3. The monoisotopic (exact) mass is 457 g/mol. The molecule has 0 radical (unpaired) electrons. The molecule has 3 rings (SSSR count). The van der Waals surface area contributed by atoms with Crippen molar-refractivity contribution >= 4 is 21.8 Å². The lowest BCUT2D eigenvalue weighted by Crippen LogP contribution is -2.33. The predicted octanol–water partition coefficient (Wildman–Crippen LogP) is 4.58. The van der Waals surface area contributed by atoms with Gasteiger partial charge in [-0.15, -0.1) is 0 Å². The third-order valence-electron chi connectivity index (χ3n) is 4.47. The highest BCUT2D eigenvalue weighted by molar-refractivity contribution is 9.10. The normalized spacial score (nSPS) is 11.8. The number of carbonyl (C=O) groups is 1. The number of methoxy groups -OCH3 is 1. The molecule has 1 unspecified atom stereocenters. The van der Waals surface area contributed by atoms with Gasteiger partial charge in [0.05, 0.1) is 7.11 Å². The molecule has 1 aromatic heterocycles. The van der Waals surface area contributed by atoms with Crippen LogP contribution in [0, 0.1) is 0 Å². The van der Waals surface area contributed by atoms with Crippen LogP contribution in [0.4, 0.5) is 0 Å². The van der Waals surface area contributed by atoms with Crippen molar-refractivity contribution in [2.75, 3.05) is 7.11 Å². The summed E-state index contributed by atoms with van der Waals surface area (Å²) in [6, 6.07) is 15.7. The Morgan fingerprint density at radius 2 is 1.90 bits per heavy atom. The first-order valence-electron chi connectivity index (χ1n) is 9.54. The van der Waals surface area contributed by atoms with Gasteiger partial charge in [-0.1, -0.05) is 33.2 Å². The Morgan fingerprint density at radius 1 is 1.17 bits per heavy atom. The van der Waals surface area contributed by atoms with Gasteiger partial charge in [-0.25, -0.2) is 0 Å². The SMILES string of the molecule is COc1ccc(-c2noc(CCCC(=O)NC(C)Cc3ccc(Br)cc3)n2)cc1. The molecular formula is C22H24BrN3O3. The fraction of sp³-hybridized carbons (Fsp3) is 0.318. The number of aryl methyl sites for hydroxylation is 1. The number of nitrogens with zero attached hydrogens (tertiary/aromatic N) is 2. The highest BCUT2D eigenvalue weighted by atomic mass is 79.9. The zero-order chi connectivity index (χ0) is 20.6. The highest BCUT2D eigenvalue weighted by Crippen LogP contribution is 2.20. The summed E-state index contributed by atoms with van der Waals surface area (Å²) in [6.07, 6.45) is 2.44. The Morgan fingerprint density at radius 3 is 2.59 bits per heavy atom. The number of carbonyl (C=O) groups excluding carboxylic acids is 1. The minimum Gasteiger partial charge on any atom is -0.497 e. The van der Waals surface area contributed by atoms with E-state index in [1.807, 2.05) is 43.3 Å². The lowest BCUT2D eigenvalue weighted by Gasteiger charge is -2.14. The van der Waals surface area contributed by atoms with Crippen molar-refractivity contribution in [3.8, 4) is 17.1 Å². The lowest BCUT2D eigenvalue weighted by molar-refractivity contribution is -0.121. The van der Waals surface area contributed by atoms with Crippen molar-refractivity contribution in [2.24, 2.45) is 0 Å². The van der Waals surface area contributed by atoms with Gasteiger partial charge in [-0.05, 0) is 61.7 Å². The molecule has 0 bridgehead atoms. The van der Waals surface area contributed by atoms with Gasteiger partial charge in [0.25, 0.3) is 0 Å². The van der Waals surface area contributed by atoms with Gasteiger partial charge in [-0.2, -0.15) is 4.98 Å². The molecule has 1 heterocycles. The molecule has 0 spiro atoms. The van der Waals surface area contributed by atoms with Crippen molar-refractivity contribution in [2.45, 2.75) is 38.6 Å². The molecule has 6 nitrogen and oxygen atoms in total. The Kier molecular flexibility index (Phi) is 7.41. The fourth-order valence-corrected chi connectivity index (χ4v) is 3.25. The van der Waals surface area contributed by atoms with Gasteiger partial charge in [-0.3, -0.25) is 4.79 Å². The van der Waals surface area contributed by atoms with Crippen LogP contribution in [-0.4, -0.2) is 29.2 Å². The standard InChI is InChI=1S/C22H24BrN3O3/c1-15(14-16-6-10-18(23)11-7-16)24-20(27)4-3-5-21-25-22(26-29-21)17-8-12-19(28-2)13-9-17/h6-13,15H,3-5,14H2,1-2H3,(H,24,27). The summed E-state index contributed by atoms with van der Waals surface area (Å²) in [5, 5.41) is 7.05. The number of halogens is 1. The molecule has 2 aromatic carbocycles. The highest BCUT2D eigenvalue weighted by Gasteiger charge is 2.11. The van der Waals surface area contributed by atoms with Crippen molar-refractivity contribution in [1.82, 2.24) is 15.5 Å². The summed E-state index contributed by atoms with van der Waals surface area (Å²) in [5.41, 5.74) is 2.05. The van der Waals surface area contributed by atoms with Gasteiger partial charge in [0.1, 0.15) is 5.75 Å². The van der Waals surface area contributed by atoms with Crippen LogP contribution in [0.2, 0.25) is 0 Å². The Hall–Kier alpha value is -2.67. The molecule has 0 fully saturated rings. The summed E-state index contributed by atoms with van der Waals surface area (Å²) in [5.74, 6) is 1.88. The van der Waals surface area contributed by atoms with Crippen molar-refractivity contribution in [1.29, 1.82) is 0 Å². The van der Waals surface area contributed by atoms with E-state index in [2.05, 4.69) is 43.5 Å². The van der Waals surface area contributed by atoms with E-state index in [0.29, 0.717) is 31.0 Å². The molecule has 3 aromatic rings. The largest absolute Gasteiger partial charge is 0.497 e. The molecule has 152 valence electrons. The Bertz CT molecular complexity index is 923. The number of hydrogen-bond acceptors (Lipinski definition) is 5. The van der Waals surface area contributed by atoms with E-state index in [1.165, 1.54) is 5.56 Å². The maximum atomic E-state index is 12.2. The molecular weight excluding hydrogens is 434 g/mol. The number of hydrogen-bond donors (Lipinski definition) is 1. The molecule has 1 N–H and O–H groups in total. The molecule has 0 aliphatic heterocycles.